The fraction of sp³-hybridized carbons (Fsp3) is 0.310. The first-order chi connectivity index (χ1) is 18.0. The van der Waals surface area contributed by atoms with Crippen LogP contribution in [0.4, 0.5) is 0 Å². The number of hydrogen-bond donors (Lipinski definition) is 3. The summed E-state index contributed by atoms with van der Waals surface area (Å²) in [5.74, 6) is -0.201. The van der Waals surface area contributed by atoms with E-state index >= 15 is 0 Å². The highest BCUT2D eigenvalue weighted by atomic mass is 16.5. The van der Waals surface area contributed by atoms with Crippen LogP contribution in [0.2, 0.25) is 0 Å². The van der Waals surface area contributed by atoms with Crippen molar-refractivity contribution in [3.63, 3.8) is 0 Å². The number of methoxy groups -OCH3 is 1. The third kappa shape index (κ3) is 4.12. The molecule has 2 aromatic carbocycles. The van der Waals surface area contributed by atoms with Gasteiger partial charge in [-0.05, 0) is 38.1 Å². The van der Waals surface area contributed by atoms with E-state index in [-0.39, 0.29) is 0 Å². The molecule has 1 fully saturated rings. The topological polar surface area (TPSA) is 99.6 Å². The van der Waals surface area contributed by atoms with E-state index in [1.807, 2.05) is 53.2 Å². The Morgan fingerprint density at radius 2 is 1.65 bits per heavy atom. The van der Waals surface area contributed by atoms with Gasteiger partial charge in [0.2, 0.25) is 0 Å². The standard InChI is InChI=1S/C29H30N4O4/c1-37-24-11-7-9-20-22(17-33(27(20)24)16-18(34)15-32-12-5-2-6-13-32)26-25(28(35)31-29(26)36)21-14-30-23-10-4-3-8-19(21)23/h3-4,7-11,14,17-18,30,34H,2,5-6,12-13,15-16H2,1H3,(H,31,35,36). The van der Waals surface area contributed by atoms with Gasteiger partial charge in [0.05, 0.1) is 29.9 Å². The van der Waals surface area contributed by atoms with Crippen molar-refractivity contribution in [1.29, 1.82) is 0 Å². The molecule has 0 spiro atoms. The number of carbonyl (C=O) groups excluding carboxylic acids is 2. The summed E-state index contributed by atoms with van der Waals surface area (Å²) in [4.78, 5) is 31.8. The van der Waals surface area contributed by atoms with Crippen LogP contribution in [0.15, 0.2) is 54.9 Å². The lowest BCUT2D eigenvalue weighted by molar-refractivity contribution is -0.122. The predicted octanol–water partition coefficient (Wildman–Crippen LogP) is 3.55. The number of H-pyrrole nitrogens is 1. The van der Waals surface area contributed by atoms with E-state index < -0.39 is 17.9 Å². The highest BCUT2D eigenvalue weighted by molar-refractivity contribution is 6.50. The van der Waals surface area contributed by atoms with Gasteiger partial charge in [-0.1, -0.05) is 36.8 Å². The van der Waals surface area contributed by atoms with Gasteiger partial charge in [-0.25, -0.2) is 0 Å². The van der Waals surface area contributed by atoms with Crippen molar-refractivity contribution < 1.29 is 19.4 Å². The quantitative estimate of drug-likeness (QED) is 0.339. The zero-order valence-corrected chi connectivity index (χ0v) is 20.8. The Hall–Kier alpha value is -3.88. The molecule has 4 heterocycles. The lowest BCUT2D eigenvalue weighted by Gasteiger charge is -2.28. The zero-order chi connectivity index (χ0) is 25.5. The van der Waals surface area contributed by atoms with Crippen LogP contribution in [0.1, 0.15) is 30.4 Å². The van der Waals surface area contributed by atoms with E-state index in [0.29, 0.717) is 41.1 Å². The minimum Gasteiger partial charge on any atom is -0.495 e. The third-order valence-electron chi connectivity index (χ3n) is 7.47. The minimum absolute atomic E-state index is 0.331. The summed E-state index contributed by atoms with van der Waals surface area (Å²) < 4.78 is 7.63. The SMILES string of the molecule is COc1cccc2c(C3=C(c4c[nH]c5ccccc45)C(=O)NC3=O)cn(CC(O)CN3CCCCC3)c12. The number of nitrogens with one attached hydrogen (secondary N) is 2. The van der Waals surface area contributed by atoms with Crippen molar-refractivity contribution in [3.05, 3.63) is 66.0 Å². The fourth-order valence-corrected chi connectivity index (χ4v) is 5.81. The van der Waals surface area contributed by atoms with E-state index in [9.17, 15) is 14.7 Å². The van der Waals surface area contributed by atoms with Gasteiger partial charge in [-0.2, -0.15) is 0 Å². The number of ether oxygens (including phenoxy) is 1. The zero-order valence-electron chi connectivity index (χ0n) is 20.8. The first-order valence-corrected chi connectivity index (χ1v) is 12.8. The molecule has 6 rings (SSSR count). The Balaban J connectivity index is 1.48. The fourth-order valence-electron chi connectivity index (χ4n) is 5.81. The number of likely N-dealkylation sites (tertiary alicyclic amines) is 1. The summed E-state index contributed by atoms with van der Waals surface area (Å²) in [7, 11) is 1.61. The first-order valence-electron chi connectivity index (χ1n) is 12.8. The number of aromatic nitrogens is 2. The smallest absolute Gasteiger partial charge is 0.259 e. The highest BCUT2D eigenvalue weighted by Gasteiger charge is 2.35. The van der Waals surface area contributed by atoms with Gasteiger partial charge in [0.15, 0.2) is 0 Å². The Bertz CT molecular complexity index is 1540. The molecule has 2 amide bonds. The number of amides is 2. The van der Waals surface area contributed by atoms with E-state index in [4.69, 9.17) is 4.74 Å². The number of rotatable bonds is 7. The molecule has 190 valence electrons. The molecule has 8 nitrogen and oxygen atoms in total. The summed E-state index contributed by atoms with van der Waals surface area (Å²) in [5.41, 5.74) is 3.68. The van der Waals surface area contributed by atoms with Gasteiger partial charge in [-0.15, -0.1) is 0 Å². The molecule has 1 unspecified atom stereocenters. The van der Waals surface area contributed by atoms with Crippen LogP contribution in [-0.2, 0) is 16.1 Å². The minimum atomic E-state index is -0.590. The molecular weight excluding hydrogens is 468 g/mol. The molecular formula is C29H30N4O4. The Morgan fingerprint density at radius 1 is 0.919 bits per heavy atom. The Kier molecular flexibility index (Phi) is 6.06. The molecule has 0 bridgehead atoms. The average Bonchev–Trinajstić information content (AvgIpc) is 3.57. The van der Waals surface area contributed by atoms with Crippen LogP contribution in [0.3, 0.4) is 0 Å². The molecule has 1 saturated heterocycles. The van der Waals surface area contributed by atoms with Crippen molar-refractivity contribution in [2.24, 2.45) is 0 Å². The van der Waals surface area contributed by atoms with E-state index in [1.54, 1.807) is 13.3 Å². The number of aliphatic hydroxyl groups excluding tert-OH is 1. The summed E-state index contributed by atoms with van der Waals surface area (Å²) in [6.45, 7) is 2.94. The second-order valence-corrected chi connectivity index (χ2v) is 9.85. The summed E-state index contributed by atoms with van der Waals surface area (Å²) in [6.07, 6.45) is 6.61. The largest absolute Gasteiger partial charge is 0.495 e. The Labute approximate surface area is 214 Å². The molecule has 0 aliphatic carbocycles. The van der Waals surface area contributed by atoms with Crippen molar-refractivity contribution in [2.45, 2.75) is 31.9 Å². The van der Waals surface area contributed by atoms with Crippen LogP contribution in [0.5, 0.6) is 5.75 Å². The number of hydrogen-bond acceptors (Lipinski definition) is 5. The molecule has 0 saturated carbocycles. The van der Waals surface area contributed by atoms with Gasteiger partial charge in [0.1, 0.15) is 5.75 Å². The number of imide groups is 1. The van der Waals surface area contributed by atoms with Crippen LogP contribution in [-0.4, -0.2) is 64.2 Å². The number of benzene rings is 2. The maximum Gasteiger partial charge on any atom is 0.259 e. The van der Waals surface area contributed by atoms with Gasteiger partial charge >= 0.3 is 0 Å². The number of aliphatic hydroxyl groups is 1. The lowest BCUT2D eigenvalue weighted by Crippen LogP contribution is -2.37. The lowest BCUT2D eigenvalue weighted by atomic mass is 9.95. The third-order valence-corrected chi connectivity index (χ3v) is 7.47. The summed E-state index contributed by atoms with van der Waals surface area (Å²) in [5, 5.41) is 15.2. The number of para-hydroxylation sites is 2. The van der Waals surface area contributed by atoms with E-state index in [1.165, 1.54) is 6.42 Å². The summed E-state index contributed by atoms with van der Waals surface area (Å²) in [6, 6.07) is 13.4. The van der Waals surface area contributed by atoms with Gasteiger partial charge in [0.25, 0.3) is 11.8 Å². The van der Waals surface area contributed by atoms with Crippen molar-refractivity contribution in [1.82, 2.24) is 19.8 Å². The maximum atomic E-state index is 13.2. The van der Waals surface area contributed by atoms with Crippen LogP contribution in [0, 0.1) is 0 Å². The number of fused-ring (bicyclic) bond motifs is 2. The molecule has 2 aliphatic heterocycles. The number of piperidine rings is 1. The van der Waals surface area contributed by atoms with Gasteiger partial charge in [0, 0.05) is 52.9 Å². The Morgan fingerprint density at radius 3 is 2.43 bits per heavy atom. The van der Waals surface area contributed by atoms with Gasteiger partial charge in [-0.3, -0.25) is 14.9 Å². The van der Waals surface area contributed by atoms with Crippen molar-refractivity contribution in [3.8, 4) is 5.75 Å². The number of nitrogens with zero attached hydrogens (tertiary/aromatic N) is 2. The van der Waals surface area contributed by atoms with E-state index in [2.05, 4.69) is 15.2 Å². The molecule has 4 aromatic rings. The molecule has 37 heavy (non-hydrogen) atoms. The molecule has 2 aromatic heterocycles. The monoisotopic (exact) mass is 498 g/mol. The van der Waals surface area contributed by atoms with Gasteiger partial charge < -0.3 is 24.3 Å². The number of carbonyl (C=O) groups is 2. The van der Waals surface area contributed by atoms with Crippen LogP contribution in [0.25, 0.3) is 33.0 Å². The number of β-amino-alcohol motifs (C(OH)–C–C–N with tert-alkyl or cyclic N) is 1. The second-order valence-electron chi connectivity index (χ2n) is 9.85. The molecule has 2 aliphatic rings. The normalized spacial score (nSPS) is 17.7. The molecule has 8 heteroatoms. The van der Waals surface area contributed by atoms with E-state index in [0.717, 1.165) is 47.7 Å². The summed E-state index contributed by atoms with van der Waals surface area (Å²) >= 11 is 0. The van der Waals surface area contributed by atoms with Crippen LogP contribution >= 0.6 is 0 Å². The molecule has 0 radical (unpaired) electrons. The average molecular weight is 499 g/mol. The predicted molar refractivity (Wildman–Crippen MR) is 143 cm³/mol. The van der Waals surface area contributed by atoms with Crippen molar-refractivity contribution >= 4 is 44.8 Å². The number of aromatic amines is 1. The molecule has 1 atom stereocenters. The maximum absolute atomic E-state index is 13.2. The second kappa shape index (κ2) is 9.53. The van der Waals surface area contributed by atoms with Crippen LogP contribution < -0.4 is 10.1 Å². The van der Waals surface area contributed by atoms with Crippen molar-refractivity contribution in [2.75, 3.05) is 26.7 Å². The molecule has 3 N–H and O–H groups in total. The highest BCUT2D eigenvalue weighted by Crippen LogP contribution is 2.40. The first kappa shape index (κ1) is 23.5.